The van der Waals surface area contributed by atoms with E-state index in [4.69, 9.17) is 9.84 Å². The molecule has 9 heteroatoms. The normalized spacial score (nSPS) is 12.4. The van der Waals surface area contributed by atoms with Crippen LogP contribution in [0.3, 0.4) is 0 Å². The second-order valence-electron chi connectivity index (χ2n) is 5.14. The SMILES string of the molecule is COC(=O)/C=C/C(=O)NC[C@H](NC(=O)OC(C)(C)C)C(=O)O. The van der Waals surface area contributed by atoms with Gasteiger partial charge in [-0.1, -0.05) is 0 Å². The molecule has 124 valence electrons. The predicted octanol–water partition coefficient (Wildman–Crippen LogP) is -0.190. The molecule has 0 heterocycles. The van der Waals surface area contributed by atoms with Crippen molar-refractivity contribution >= 4 is 23.9 Å². The molecular weight excluding hydrogens is 296 g/mol. The van der Waals surface area contributed by atoms with Gasteiger partial charge in [0.05, 0.1) is 7.11 Å². The van der Waals surface area contributed by atoms with Crippen molar-refractivity contribution in [1.82, 2.24) is 10.6 Å². The van der Waals surface area contributed by atoms with Crippen LogP contribution < -0.4 is 10.6 Å². The summed E-state index contributed by atoms with van der Waals surface area (Å²) in [6.07, 6.45) is 0.851. The van der Waals surface area contributed by atoms with E-state index in [1.807, 2.05) is 0 Å². The minimum Gasteiger partial charge on any atom is -0.480 e. The Labute approximate surface area is 127 Å². The molecule has 22 heavy (non-hydrogen) atoms. The summed E-state index contributed by atoms with van der Waals surface area (Å²) in [5.74, 6) is -2.78. The lowest BCUT2D eigenvalue weighted by Gasteiger charge is -2.22. The third-order valence-corrected chi connectivity index (χ3v) is 2.04. The minimum absolute atomic E-state index is 0.376. The number of alkyl carbamates (subject to hydrolysis) is 1. The van der Waals surface area contributed by atoms with E-state index >= 15 is 0 Å². The molecule has 0 aromatic heterocycles. The number of carbonyl (C=O) groups is 4. The number of methoxy groups -OCH3 is 1. The molecule has 0 aliphatic rings. The molecule has 0 aliphatic carbocycles. The number of hydrogen-bond donors (Lipinski definition) is 3. The fourth-order valence-corrected chi connectivity index (χ4v) is 1.12. The number of ether oxygens (including phenoxy) is 2. The van der Waals surface area contributed by atoms with Gasteiger partial charge in [-0.3, -0.25) is 4.79 Å². The molecule has 9 nitrogen and oxygen atoms in total. The predicted molar refractivity (Wildman–Crippen MR) is 75.0 cm³/mol. The van der Waals surface area contributed by atoms with Gasteiger partial charge < -0.3 is 25.2 Å². The molecule has 3 N–H and O–H groups in total. The quantitative estimate of drug-likeness (QED) is 0.457. The van der Waals surface area contributed by atoms with Crippen molar-refractivity contribution in [3.05, 3.63) is 12.2 Å². The number of rotatable bonds is 6. The van der Waals surface area contributed by atoms with Gasteiger partial charge in [-0.15, -0.1) is 0 Å². The molecule has 0 aliphatic heterocycles. The first-order valence-electron chi connectivity index (χ1n) is 6.31. The third kappa shape index (κ3) is 9.34. The van der Waals surface area contributed by atoms with Gasteiger partial charge in [0.15, 0.2) is 0 Å². The number of hydrogen-bond acceptors (Lipinski definition) is 6. The number of esters is 1. The van der Waals surface area contributed by atoms with Crippen LogP contribution >= 0.6 is 0 Å². The maximum Gasteiger partial charge on any atom is 0.408 e. The summed E-state index contributed by atoms with van der Waals surface area (Å²) in [6.45, 7) is 4.50. The van der Waals surface area contributed by atoms with Crippen LogP contribution in [0.2, 0.25) is 0 Å². The van der Waals surface area contributed by atoms with Crippen molar-refractivity contribution < 1.29 is 33.8 Å². The van der Waals surface area contributed by atoms with E-state index < -0.39 is 35.6 Å². The maximum absolute atomic E-state index is 11.5. The lowest BCUT2D eigenvalue weighted by atomic mass is 10.2. The van der Waals surface area contributed by atoms with E-state index in [0.29, 0.717) is 0 Å². The highest BCUT2D eigenvalue weighted by atomic mass is 16.6. The van der Waals surface area contributed by atoms with Crippen LogP contribution in [0.5, 0.6) is 0 Å². The Hall–Kier alpha value is -2.58. The Morgan fingerprint density at radius 2 is 1.77 bits per heavy atom. The highest BCUT2D eigenvalue weighted by Gasteiger charge is 2.24. The topological polar surface area (TPSA) is 131 Å². The zero-order valence-corrected chi connectivity index (χ0v) is 12.8. The Balaban J connectivity index is 4.46. The van der Waals surface area contributed by atoms with Gasteiger partial charge in [-0.05, 0) is 20.8 Å². The molecule has 0 bridgehead atoms. The molecule has 0 saturated carbocycles. The molecule has 0 aromatic rings. The van der Waals surface area contributed by atoms with E-state index in [-0.39, 0.29) is 6.54 Å². The average molecular weight is 316 g/mol. The largest absolute Gasteiger partial charge is 0.480 e. The summed E-state index contributed by atoms with van der Waals surface area (Å²) < 4.78 is 9.21. The Bertz CT molecular complexity index is 465. The third-order valence-electron chi connectivity index (χ3n) is 2.04. The van der Waals surface area contributed by atoms with Gasteiger partial charge in [0.25, 0.3) is 0 Å². The van der Waals surface area contributed by atoms with Crippen LogP contribution in [0.4, 0.5) is 4.79 Å². The second-order valence-corrected chi connectivity index (χ2v) is 5.14. The van der Waals surface area contributed by atoms with Crippen molar-refractivity contribution in [2.24, 2.45) is 0 Å². The van der Waals surface area contributed by atoms with Crippen molar-refractivity contribution in [2.45, 2.75) is 32.4 Å². The van der Waals surface area contributed by atoms with Crippen molar-refractivity contribution in [2.75, 3.05) is 13.7 Å². The molecular formula is C13H20N2O7. The van der Waals surface area contributed by atoms with Crippen molar-refractivity contribution in [1.29, 1.82) is 0 Å². The summed E-state index contributed by atoms with van der Waals surface area (Å²) in [5, 5.41) is 13.3. The van der Waals surface area contributed by atoms with Crippen LogP contribution in [0, 0.1) is 0 Å². The van der Waals surface area contributed by atoms with Gasteiger partial charge in [0.2, 0.25) is 5.91 Å². The first-order chi connectivity index (χ1) is 10.0. The number of amides is 2. The first-order valence-corrected chi connectivity index (χ1v) is 6.31. The molecule has 1 atom stereocenters. The number of carbonyl (C=O) groups excluding carboxylic acids is 3. The molecule has 0 spiro atoms. The summed E-state index contributed by atoms with van der Waals surface area (Å²) in [4.78, 5) is 44.6. The summed E-state index contributed by atoms with van der Waals surface area (Å²) in [5.41, 5.74) is -0.778. The number of carboxylic acids is 1. The van der Waals surface area contributed by atoms with Crippen LogP contribution in [0.25, 0.3) is 0 Å². The van der Waals surface area contributed by atoms with Crippen LogP contribution in [0.15, 0.2) is 12.2 Å². The fraction of sp³-hybridized carbons (Fsp3) is 0.538. The minimum atomic E-state index is -1.37. The number of nitrogens with one attached hydrogen (secondary N) is 2. The molecule has 0 saturated heterocycles. The van der Waals surface area contributed by atoms with Crippen LogP contribution in [0.1, 0.15) is 20.8 Å². The van der Waals surface area contributed by atoms with Gasteiger partial charge in [0.1, 0.15) is 11.6 Å². The van der Waals surface area contributed by atoms with Crippen LogP contribution in [-0.4, -0.2) is 54.3 Å². The molecule has 0 aromatic carbocycles. The van der Waals surface area contributed by atoms with E-state index in [2.05, 4.69) is 15.4 Å². The monoisotopic (exact) mass is 316 g/mol. The lowest BCUT2D eigenvalue weighted by molar-refractivity contribution is -0.139. The number of aliphatic carboxylic acids is 1. The van der Waals surface area contributed by atoms with Crippen molar-refractivity contribution in [3.8, 4) is 0 Å². The van der Waals surface area contributed by atoms with Gasteiger partial charge >= 0.3 is 18.0 Å². The van der Waals surface area contributed by atoms with Crippen LogP contribution in [-0.2, 0) is 23.9 Å². The van der Waals surface area contributed by atoms with E-state index in [1.165, 1.54) is 0 Å². The van der Waals surface area contributed by atoms with Gasteiger partial charge in [0, 0.05) is 18.7 Å². The molecule has 0 unspecified atom stereocenters. The van der Waals surface area contributed by atoms with E-state index in [1.54, 1.807) is 20.8 Å². The van der Waals surface area contributed by atoms with Gasteiger partial charge in [-0.25, -0.2) is 14.4 Å². The fourth-order valence-electron chi connectivity index (χ4n) is 1.12. The summed E-state index contributed by atoms with van der Waals surface area (Å²) in [7, 11) is 1.15. The average Bonchev–Trinajstić information content (AvgIpc) is 2.38. The molecule has 0 rings (SSSR count). The molecule has 2 amide bonds. The highest BCUT2D eigenvalue weighted by Crippen LogP contribution is 2.06. The van der Waals surface area contributed by atoms with E-state index in [0.717, 1.165) is 19.3 Å². The second kappa shape index (κ2) is 8.65. The maximum atomic E-state index is 11.5. The standard InChI is InChI=1S/C13H20N2O7/c1-13(2,3)22-12(20)15-8(11(18)19)7-14-9(16)5-6-10(17)21-4/h5-6,8H,7H2,1-4H3,(H,14,16)(H,15,20)(H,18,19)/b6-5+/t8-/m0/s1. The molecule has 0 fully saturated rings. The smallest absolute Gasteiger partial charge is 0.408 e. The highest BCUT2D eigenvalue weighted by molar-refractivity contribution is 5.94. The molecule has 0 radical (unpaired) electrons. The zero-order chi connectivity index (χ0) is 17.3. The Kier molecular flexibility index (Phi) is 7.64. The summed E-state index contributed by atoms with van der Waals surface area (Å²) in [6, 6.07) is -1.37. The number of carboxylic acid groups (broad SMARTS) is 1. The van der Waals surface area contributed by atoms with Crippen molar-refractivity contribution in [3.63, 3.8) is 0 Å². The Morgan fingerprint density at radius 1 is 1.18 bits per heavy atom. The first kappa shape index (κ1) is 19.4. The Morgan fingerprint density at radius 3 is 2.23 bits per heavy atom. The van der Waals surface area contributed by atoms with E-state index in [9.17, 15) is 19.2 Å². The lowest BCUT2D eigenvalue weighted by Crippen LogP contribution is -2.49. The summed E-state index contributed by atoms with van der Waals surface area (Å²) >= 11 is 0. The zero-order valence-electron chi connectivity index (χ0n) is 12.8. The van der Waals surface area contributed by atoms with Gasteiger partial charge in [-0.2, -0.15) is 0 Å².